The van der Waals surface area contributed by atoms with Gasteiger partial charge in [0.1, 0.15) is 5.82 Å². The molecule has 2 aromatic rings. The predicted octanol–water partition coefficient (Wildman–Crippen LogP) is 0.857. The van der Waals surface area contributed by atoms with E-state index in [9.17, 15) is 4.79 Å². The maximum absolute atomic E-state index is 12.3. The third kappa shape index (κ3) is 2.67. The molecule has 1 aromatic heterocycles. The lowest BCUT2D eigenvalue weighted by Crippen LogP contribution is -2.28. The van der Waals surface area contributed by atoms with Crippen molar-refractivity contribution in [2.24, 2.45) is 7.05 Å². The van der Waals surface area contributed by atoms with Gasteiger partial charge in [-0.05, 0) is 18.2 Å². The Morgan fingerprint density at radius 1 is 1.42 bits per heavy atom. The summed E-state index contributed by atoms with van der Waals surface area (Å²) in [5.41, 5.74) is 12.8. The number of amides is 1. The van der Waals surface area contributed by atoms with Crippen LogP contribution in [0.1, 0.15) is 16.2 Å². The van der Waals surface area contributed by atoms with Gasteiger partial charge >= 0.3 is 0 Å². The van der Waals surface area contributed by atoms with Crippen molar-refractivity contribution in [3.05, 3.63) is 42.0 Å². The summed E-state index contributed by atoms with van der Waals surface area (Å²) in [4.78, 5) is 18.0. The van der Waals surface area contributed by atoms with Crippen molar-refractivity contribution in [3.8, 4) is 0 Å². The number of imidazole rings is 1. The van der Waals surface area contributed by atoms with E-state index >= 15 is 0 Å². The third-order valence-corrected chi connectivity index (χ3v) is 2.95. The number of nitrogens with two attached hydrogens (primary N) is 2. The fourth-order valence-electron chi connectivity index (χ4n) is 1.81. The summed E-state index contributed by atoms with van der Waals surface area (Å²) in [7, 11) is 3.60. The number of rotatable bonds is 3. The third-order valence-electron chi connectivity index (χ3n) is 2.95. The molecule has 0 radical (unpaired) electrons. The summed E-state index contributed by atoms with van der Waals surface area (Å²) in [5, 5.41) is 0. The molecule has 19 heavy (non-hydrogen) atoms. The van der Waals surface area contributed by atoms with Gasteiger partial charge < -0.3 is 20.9 Å². The second-order valence-corrected chi connectivity index (χ2v) is 4.46. The van der Waals surface area contributed by atoms with Gasteiger partial charge in [-0.1, -0.05) is 0 Å². The van der Waals surface area contributed by atoms with Crippen molar-refractivity contribution >= 4 is 17.3 Å². The Morgan fingerprint density at radius 3 is 2.74 bits per heavy atom. The summed E-state index contributed by atoms with van der Waals surface area (Å²) in [6.45, 7) is 0.423. The lowest BCUT2D eigenvalue weighted by molar-refractivity contribution is 0.0781. The fraction of sp³-hybridized carbons (Fsp3) is 0.231. The Bertz CT molecular complexity index is 605. The standard InChI is InChI=1S/C13H17N5O/c1-17-6-5-16-12(17)8-18(2)13(19)10-4-3-9(14)7-11(10)15/h3-7H,8,14-15H2,1-2H3. The van der Waals surface area contributed by atoms with Gasteiger partial charge in [-0.2, -0.15) is 0 Å². The first-order valence-corrected chi connectivity index (χ1v) is 5.85. The molecule has 1 heterocycles. The van der Waals surface area contributed by atoms with Crippen LogP contribution in [0.15, 0.2) is 30.6 Å². The lowest BCUT2D eigenvalue weighted by atomic mass is 10.1. The molecule has 2 rings (SSSR count). The van der Waals surface area contributed by atoms with Gasteiger partial charge in [-0.25, -0.2) is 4.98 Å². The van der Waals surface area contributed by atoms with Crippen molar-refractivity contribution < 1.29 is 4.79 Å². The first-order chi connectivity index (χ1) is 8.99. The van der Waals surface area contributed by atoms with Crippen molar-refractivity contribution in [2.75, 3.05) is 18.5 Å². The number of aryl methyl sites for hydroxylation is 1. The number of carbonyl (C=O) groups excluding carboxylic acids is 1. The van der Waals surface area contributed by atoms with E-state index in [2.05, 4.69) is 4.98 Å². The molecule has 1 amide bonds. The number of nitrogen functional groups attached to an aromatic ring is 2. The van der Waals surface area contributed by atoms with Crippen LogP contribution in [0.3, 0.4) is 0 Å². The summed E-state index contributed by atoms with van der Waals surface area (Å²) >= 11 is 0. The van der Waals surface area contributed by atoms with Crippen LogP contribution in [-0.4, -0.2) is 27.4 Å². The molecule has 4 N–H and O–H groups in total. The molecule has 0 unspecified atom stereocenters. The highest BCUT2D eigenvalue weighted by molar-refractivity contribution is 5.99. The zero-order valence-corrected chi connectivity index (χ0v) is 11.0. The number of nitrogens with zero attached hydrogens (tertiary/aromatic N) is 3. The second-order valence-electron chi connectivity index (χ2n) is 4.46. The average Bonchev–Trinajstić information content (AvgIpc) is 2.74. The molecule has 0 saturated heterocycles. The number of hydrogen-bond donors (Lipinski definition) is 2. The molecule has 6 heteroatoms. The molecule has 100 valence electrons. The van der Waals surface area contributed by atoms with E-state index in [1.165, 1.54) is 0 Å². The molecule has 1 aromatic carbocycles. The molecular formula is C13H17N5O. The van der Waals surface area contributed by atoms with Gasteiger partial charge in [0.15, 0.2) is 0 Å². The Morgan fingerprint density at radius 2 is 2.16 bits per heavy atom. The van der Waals surface area contributed by atoms with Gasteiger partial charge in [0.2, 0.25) is 0 Å². The molecule has 0 saturated carbocycles. The van der Waals surface area contributed by atoms with Crippen LogP contribution in [0.5, 0.6) is 0 Å². The fourth-order valence-corrected chi connectivity index (χ4v) is 1.81. The molecule has 6 nitrogen and oxygen atoms in total. The van der Waals surface area contributed by atoms with Crippen molar-refractivity contribution in [1.29, 1.82) is 0 Å². The van der Waals surface area contributed by atoms with Crippen LogP contribution in [0.25, 0.3) is 0 Å². The van der Waals surface area contributed by atoms with Crippen LogP contribution < -0.4 is 11.5 Å². The average molecular weight is 259 g/mol. The number of benzene rings is 1. The summed E-state index contributed by atoms with van der Waals surface area (Å²) in [6.07, 6.45) is 3.54. The van der Waals surface area contributed by atoms with E-state index in [1.54, 1.807) is 36.3 Å². The first-order valence-electron chi connectivity index (χ1n) is 5.85. The Hall–Kier alpha value is -2.50. The van der Waals surface area contributed by atoms with Crippen LogP contribution >= 0.6 is 0 Å². The minimum Gasteiger partial charge on any atom is -0.399 e. The molecule has 0 aliphatic carbocycles. The van der Waals surface area contributed by atoms with Gasteiger partial charge in [-0.3, -0.25) is 4.79 Å². The first kappa shape index (κ1) is 12.9. The topological polar surface area (TPSA) is 90.2 Å². The number of anilines is 2. The summed E-state index contributed by atoms with van der Waals surface area (Å²) < 4.78 is 1.87. The Balaban J connectivity index is 2.17. The highest BCUT2D eigenvalue weighted by atomic mass is 16.2. The van der Waals surface area contributed by atoms with Crippen LogP contribution in [-0.2, 0) is 13.6 Å². The van der Waals surface area contributed by atoms with E-state index in [0.717, 1.165) is 5.82 Å². The maximum atomic E-state index is 12.3. The minimum atomic E-state index is -0.152. The zero-order valence-electron chi connectivity index (χ0n) is 11.0. The zero-order chi connectivity index (χ0) is 14.0. The molecule has 0 atom stereocenters. The van der Waals surface area contributed by atoms with E-state index in [-0.39, 0.29) is 5.91 Å². The van der Waals surface area contributed by atoms with Gasteiger partial charge in [-0.15, -0.1) is 0 Å². The largest absolute Gasteiger partial charge is 0.399 e. The summed E-state index contributed by atoms with van der Waals surface area (Å²) in [5.74, 6) is 0.658. The number of hydrogen-bond acceptors (Lipinski definition) is 4. The molecular weight excluding hydrogens is 242 g/mol. The minimum absolute atomic E-state index is 0.152. The van der Waals surface area contributed by atoms with Crippen LogP contribution in [0, 0.1) is 0 Å². The molecule has 0 fully saturated rings. The van der Waals surface area contributed by atoms with Gasteiger partial charge in [0.05, 0.1) is 12.1 Å². The van der Waals surface area contributed by atoms with Crippen molar-refractivity contribution in [2.45, 2.75) is 6.54 Å². The van der Waals surface area contributed by atoms with E-state index < -0.39 is 0 Å². The van der Waals surface area contributed by atoms with Gasteiger partial charge in [0, 0.05) is 37.9 Å². The molecule has 0 spiro atoms. The van der Waals surface area contributed by atoms with E-state index in [4.69, 9.17) is 11.5 Å². The Labute approximate surface area is 111 Å². The van der Waals surface area contributed by atoms with Gasteiger partial charge in [0.25, 0.3) is 5.91 Å². The highest BCUT2D eigenvalue weighted by Gasteiger charge is 2.16. The molecule has 0 bridgehead atoms. The SMILES string of the molecule is CN(Cc1nccn1C)C(=O)c1ccc(N)cc1N. The van der Waals surface area contributed by atoms with Crippen molar-refractivity contribution in [1.82, 2.24) is 14.5 Å². The number of carbonyl (C=O) groups is 1. The smallest absolute Gasteiger partial charge is 0.256 e. The predicted molar refractivity (Wildman–Crippen MR) is 74.3 cm³/mol. The monoisotopic (exact) mass is 259 g/mol. The van der Waals surface area contributed by atoms with Crippen molar-refractivity contribution in [3.63, 3.8) is 0 Å². The normalized spacial score (nSPS) is 10.4. The van der Waals surface area contributed by atoms with Crippen LogP contribution in [0.4, 0.5) is 11.4 Å². The van der Waals surface area contributed by atoms with Crippen LogP contribution in [0.2, 0.25) is 0 Å². The number of aromatic nitrogens is 2. The van der Waals surface area contributed by atoms with E-state index in [1.807, 2.05) is 17.8 Å². The summed E-state index contributed by atoms with van der Waals surface area (Å²) in [6, 6.07) is 4.89. The quantitative estimate of drug-likeness (QED) is 0.800. The van der Waals surface area contributed by atoms with E-state index in [0.29, 0.717) is 23.5 Å². The maximum Gasteiger partial charge on any atom is 0.256 e. The second kappa shape index (κ2) is 5.01. The lowest BCUT2D eigenvalue weighted by Gasteiger charge is -2.18. The Kier molecular flexibility index (Phi) is 3.41. The molecule has 0 aliphatic rings. The highest BCUT2D eigenvalue weighted by Crippen LogP contribution is 2.17. The molecule has 0 aliphatic heterocycles.